The van der Waals surface area contributed by atoms with Gasteiger partial charge in [0.25, 0.3) is 5.91 Å². The van der Waals surface area contributed by atoms with Gasteiger partial charge in [-0.1, -0.05) is 6.07 Å². The summed E-state index contributed by atoms with van der Waals surface area (Å²) in [6, 6.07) is 5.31. The van der Waals surface area contributed by atoms with Gasteiger partial charge in [0.2, 0.25) is 0 Å². The maximum atomic E-state index is 12.4. The number of nitrogens with zero attached hydrogens (tertiary/aromatic N) is 3. The molecule has 0 saturated carbocycles. The lowest BCUT2D eigenvalue weighted by atomic mass is 9.91. The molecule has 21 heavy (non-hydrogen) atoms. The third-order valence-electron chi connectivity index (χ3n) is 3.74. The quantitative estimate of drug-likeness (QED) is 0.867. The Balaban J connectivity index is 1.71. The molecule has 1 aliphatic heterocycles. The van der Waals surface area contributed by atoms with Crippen LogP contribution in [-0.4, -0.2) is 44.9 Å². The first-order valence-corrected chi connectivity index (χ1v) is 6.99. The van der Waals surface area contributed by atoms with Crippen LogP contribution in [0.4, 0.5) is 0 Å². The Morgan fingerprint density at radius 2 is 2.24 bits per heavy atom. The highest BCUT2D eigenvalue weighted by Gasteiger charge is 2.30. The molecule has 0 aliphatic carbocycles. The molecule has 6 nitrogen and oxygen atoms in total. The topological polar surface area (TPSA) is 79.0 Å². The number of pyridine rings is 1. The first-order chi connectivity index (χ1) is 10.3. The van der Waals surface area contributed by atoms with Crippen molar-refractivity contribution in [3.8, 4) is 0 Å². The summed E-state index contributed by atoms with van der Waals surface area (Å²) < 4.78 is 0. The van der Waals surface area contributed by atoms with Gasteiger partial charge in [-0.25, -0.2) is 0 Å². The van der Waals surface area contributed by atoms with Crippen LogP contribution < -0.4 is 0 Å². The SMILES string of the molecule is O=C(c1ccccn1)[C@@H]1CCCN(C(=O)c2cn[nH]c2)C1. The summed E-state index contributed by atoms with van der Waals surface area (Å²) >= 11 is 0. The number of nitrogens with one attached hydrogen (secondary N) is 1. The van der Waals surface area contributed by atoms with Crippen LogP contribution in [0.2, 0.25) is 0 Å². The minimum Gasteiger partial charge on any atom is -0.338 e. The predicted octanol–water partition coefficient (Wildman–Crippen LogP) is 1.54. The molecule has 1 N–H and O–H groups in total. The average molecular weight is 284 g/mol. The van der Waals surface area contributed by atoms with Gasteiger partial charge in [-0.2, -0.15) is 5.10 Å². The van der Waals surface area contributed by atoms with Crippen LogP contribution in [0.15, 0.2) is 36.8 Å². The van der Waals surface area contributed by atoms with Crippen LogP contribution in [0.3, 0.4) is 0 Å². The van der Waals surface area contributed by atoms with E-state index in [1.807, 2.05) is 0 Å². The lowest BCUT2D eigenvalue weighted by molar-refractivity contribution is 0.0635. The van der Waals surface area contributed by atoms with Crippen molar-refractivity contribution in [1.82, 2.24) is 20.1 Å². The molecule has 1 atom stereocenters. The van der Waals surface area contributed by atoms with Gasteiger partial charge in [0, 0.05) is 31.4 Å². The number of rotatable bonds is 3. The standard InChI is InChI=1S/C15H16N4O2/c20-14(13-5-1-2-6-16-13)11-4-3-7-19(10-11)15(21)12-8-17-18-9-12/h1-2,5-6,8-9,11H,3-4,7,10H2,(H,17,18)/t11-/m1/s1. The number of amides is 1. The van der Waals surface area contributed by atoms with Gasteiger partial charge in [-0.15, -0.1) is 0 Å². The second kappa shape index (κ2) is 5.87. The van der Waals surface area contributed by atoms with Crippen molar-refractivity contribution in [1.29, 1.82) is 0 Å². The van der Waals surface area contributed by atoms with Gasteiger partial charge < -0.3 is 4.90 Å². The maximum absolute atomic E-state index is 12.4. The van der Waals surface area contributed by atoms with Crippen LogP contribution in [0.5, 0.6) is 0 Å². The van der Waals surface area contributed by atoms with Gasteiger partial charge in [0.15, 0.2) is 5.78 Å². The van der Waals surface area contributed by atoms with Crippen LogP contribution in [0, 0.1) is 5.92 Å². The molecule has 2 aromatic heterocycles. The van der Waals surface area contributed by atoms with E-state index in [0.29, 0.717) is 24.3 Å². The van der Waals surface area contributed by atoms with Crippen molar-refractivity contribution in [2.75, 3.05) is 13.1 Å². The largest absolute Gasteiger partial charge is 0.338 e. The van der Waals surface area contributed by atoms with Gasteiger partial charge >= 0.3 is 0 Å². The molecule has 108 valence electrons. The van der Waals surface area contributed by atoms with Crippen molar-refractivity contribution in [2.24, 2.45) is 5.92 Å². The number of carbonyl (C=O) groups is 2. The number of hydrogen-bond acceptors (Lipinski definition) is 4. The molecule has 6 heteroatoms. The average Bonchev–Trinajstić information content (AvgIpc) is 3.09. The van der Waals surface area contributed by atoms with E-state index in [4.69, 9.17) is 0 Å². The Morgan fingerprint density at radius 1 is 1.33 bits per heavy atom. The van der Waals surface area contributed by atoms with Gasteiger partial charge in [-0.3, -0.25) is 19.7 Å². The van der Waals surface area contributed by atoms with E-state index in [-0.39, 0.29) is 17.6 Å². The fourth-order valence-corrected chi connectivity index (χ4v) is 2.64. The molecule has 0 unspecified atom stereocenters. The van der Waals surface area contributed by atoms with Crippen LogP contribution in [0.25, 0.3) is 0 Å². The Hall–Kier alpha value is -2.50. The van der Waals surface area contributed by atoms with Crippen molar-refractivity contribution >= 4 is 11.7 Å². The minimum atomic E-state index is -0.176. The Bertz CT molecular complexity index is 624. The fourth-order valence-electron chi connectivity index (χ4n) is 2.64. The maximum Gasteiger partial charge on any atom is 0.257 e. The molecule has 0 aromatic carbocycles. The molecule has 3 rings (SSSR count). The Morgan fingerprint density at radius 3 is 2.95 bits per heavy atom. The summed E-state index contributed by atoms with van der Waals surface area (Å²) in [4.78, 5) is 30.6. The number of likely N-dealkylation sites (tertiary alicyclic amines) is 1. The summed E-state index contributed by atoms with van der Waals surface area (Å²) in [5.74, 6) is -0.243. The predicted molar refractivity (Wildman–Crippen MR) is 75.8 cm³/mol. The van der Waals surface area contributed by atoms with Gasteiger partial charge in [-0.05, 0) is 25.0 Å². The number of piperidine rings is 1. The van der Waals surface area contributed by atoms with E-state index < -0.39 is 0 Å². The molecular formula is C15H16N4O2. The Kier molecular flexibility index (Phi) is 3.77. The van der Waals surface area contributed by atoms with E-state index in [1.54, 1.807) is 35.5 Å². The second-order valence-electron chi connectivity index (χ2n) is 5.16. The second-order valence-corrected chi connectivity index (χ2v) is 5.16. The Labute approximate surface area is 122 Å². The lowest BCUT2D eigenvalue weighted by Gasteiger charge is -2.31. The highest BCUT2D eigenvalue weighted by Crippen LogP contribution is 2.21. The third kappa shape index (κ3) is 2.84. The van der Waals surface area contributed by atoms with Crippen molar-refractivity contribution in [3.63, 3.8) is 0 Å². The molecule has 2 aromatic rings. The molecule has 1 amide bonds. The summed E-state index contributed by atoms with van der Waals surface area (Å²) in [6.45, 7) is 1.12. The summed E-state index contributed by atoms with van der Waals surface area (Å²) in [6.07, 6.45) is 6.32. The number of aromatic amines is 1. The number of carbonyl (C=O) groups excluding carboxylic acids is 2. The van der Waals surface area contributed by atoms with Crippen LogP contribution in [0.1, 0.15) is 33.7 Å². The summed E-state index contributed by atoms with van der Waals surface area (Å²) in [5, 5.41) is 6.43. The van der Waals surface area contributed by atoms with E-state index in [1.165, 1.54) is 6.20 Å². The van der Waals surface area contributed by atoms with Crippen molar-refractivity contribution in [3.05, 3.63) is 48.0 Å². The molecular weight excluding hydrogens is 268 g/mol. The zero-order valence-corrected chi connectivity index (χ0v) is 11.5. The number of ketones is 1. The number of hydrogen-bond donors (Lipinski definition) is 1. The van der Waals surface area contributed by atoms with Crippen molar-refractivity contribution < 1.29 is 9.59 Å². The van der Waals surface area contributed by atoms with E-state index in [2.05, 4.69) is 15.2 Å². The smallest absolute Gasteiger partial charge is 0.257 e. The normalized spacial score (nSPS) is 18.5. The zero-order chi connectivity index (χ0) is 14.7. The molecule has 0 bridgehead atoms. The zero-order valence-electron chi connectivity index (χ0n) is 11.5. The lowest BCUT2D eigenvalue weighted by Crippen LogP contribution is -2.42. The van der Waals surface area contributed by atoms with Crippen LogP contribution >= 0.6 is 0 Å². The molecule has 0 spiro atoms. The third-order valence-corrected chi connectivity index (χ3v) is 3.74. The van der Waals surface area contributed by atoms with Crippen molar-refractivity contribution in [2.45, 2.75) is 12.8 Å². The van der Waals surface area contributed by atoms with Crippen LogP contribution in [-0.2, 0) is 0 Å². The minimum absolute atomic E-state index is 0.0142. The first kappa shape index (κ1) is 13.5. The monoisotopic (exact) mass is 284 g/mol. The molecule has 1 fully saturated rings. The molecule has 1 saturated heterocycles. The number of Topliss-reactive ketones (excluding diaryl/α,β-unsaturated/α-hetero) is 1. The molecule has 3 heterocycles. The van der Waals surface area contributed by atoms with E-state index in [9.17, 15) is 9.59 Å². The van der Waals surface area contributed by atoms with E-state index >= 15 is 0 Å². The van der Waals surface area contributed by atoms with Gasteiger partial charge in [0.1, 0.15) is 5.69 Å². The number of H-pyrrole nitrogens is 1. The summed E-state index contributed by atoms with van der Waals surface area (Å²) in [7, 11) is 0. The fraction of sp³-hybridized carbons (Fsp3) is 0.333. The molecule has 0 radical (unpaired) electrons. The highest BCUT2D eigenvalue weighted by atomic mass is 16.2. The summed E-state index contributed by atoms with van der Waals surface area (Å²) in [5.41, 5.74) is 1.00. The van der Waals surface area contributed by atoms with E-state index in [0.717, 1.165) is 12.8 Å². The highest BCUT2D eigenvalue weighted by molar-refractivity contribution is 5.98. The van der Waals surface area contributed by atoms with Gasteiger partial charge in [0.05, 0.1) is 11.8 Å². The molecule has 1 aliphatic rings. The first-order valence-electron chi connectivity index (χ1n) is 6.99. The number of aromatic nitrogens is 3.